The molecule has 0 aliphatic rings. The lowest BCUT2D eigenvalue weighted by Gasteiger charge is -2.13. The molecule has 0 unspecified atom stereocenters. The number of anilines is 1. The molecular formula is C19H23N3O3S. The number of para-hydroxylation sites is 1. The third kappa shape index (κ3) is 4.64. The number of hydrogen-bond donors (Lipinski definition) is 2. The zero-order valence-corrected chi connectivity index (χ0v) is 16.4. The number of aryl methyl sites for hydroxylation is 2. The number of hydrazone groups is 1. The third-order valence-corrected chi connectivity index (χ3v) is 4.03. The number of hydrogen-bond acceptors (Lipinski definition) is 5. The van der Waals surface area contributed by atoms with Crippen LogP contribution < -0.4 is 25.0 Å². The molecule has 2 aromatic rings. The smallest absolute Gasteiger partial charge is 0.191 e. The Morgan fingerprint density at radius 1 is 1.00 bits per heavy atom. The molecule has 26 heavy (non-hydrogen) atoms. The molecule has 0 amide bonds. The molecule has 0 saturated heterocycles. The second kappa shape index (κ2) is 9.05. The van der Waals surface area contributed by atoms with E-state index < -0.39 is 0 Å². The fourth-order valence-electron chi connectivity index (χ4n) is 2.47. The fraction of sp³-hybridized carbons (Fsp3) is 0.263. The number of ether oxygens (including phenoxy) is 3. The minimum Gasteiger partial charge on any atom is -0.496 e. The zero-order chi connectivity index (χ0) is 19.1. The normalized spacial score (nSPS) is 10.5. The number of nitrogens with zero attached hydrogens (tertiary/aromatic N) is 1. The van der Waals surface area contributed by atoms with E-state index in [0.29, 0.717) is 27.9 Å². The standard InChI is InChI=1S/C19H23N3O3S/c1-12-7-6-8-13(2)18(12)21-19(26)22-20-11-15-16(24-4)9-14(23-3)10-17(15)25-5/h6-11H,1-5H3,(H2,21,22,26)/b20-11-. The monoisotopic (exact) mass is 373 g/mol. The van der Waals surface area contributed by atoms with Crippen LogP contribution >= 0.6 is 12.2 Å². The Labute approximate surface area is 159 Å². The van der Waals surface area contributed by atoms with Crippen molar-refractivity contribution in [3.63, 3.8) is 0 Å². The molecule has 0 aliphatic heterocycles. The molecule has 0 atom stereocenters. The highest BCUT2D eigenvalue weighted by atomic mass is 32.1. The van der Waals surface area contributed by atoms with Crippen molar-refractivity contribution in [3.05, 3.63) is 47.0 Å². The predicted molar refractivity (Wildman–Crippen MR) is 109 cm³/mol. The van der Waals surface area contributed by atoms with Crippen molar-refractivity contribution in [2.45, 2.75) is 13.8 Å². The lowest BCUT2D eigenvalue weighted by atomic mass is 10.1. The molecule has 0 spiro atoms. The summed E-state index contributed by atoms with van der Waals surface area (Å²) in [6, 6.07) is 9.57. The van der Waals surface area contributed by atoms with Crippen LogP contribution in [0, 0.1) is 13.8 Å². The molecular weight excluding hydrogens is 350 g/mol. The summed E-state index contributed by atoms with van der Waals surface area (Å²) >= 11 is 5.31. The van der Waals surface area contributed by atoms with Crippen molar-refractivity contribution in [3.8, 4) is 17.2 Å². The first-order valence-electron chi connectivity index (χ1n) is 7.96. The van der Waals surface area contributed by atoms with Crippen LogP contribution in [-0.2, 0) is 0 Å². The first-order chi connectivity index (χ1) is 12.5. The van der Waals surface area contributed by atoms with Crippen LogP contribution in [0.5, 0.6) is 17.2 Å². The van der Waals surface area contributed by atoms with Gasteiger partial charge in [-0.05, 0) is 37.2 Å². The highest BCUT2D eigenvalue weighted by Gasteiger charge is 2.11. The summed E-state index contributed by atoms with van der Waals surface area (Å²) in [5, 5.41) is 7.75. The summed E-state index contributed by atoms with van der Waals surface area (Å²) in [5.74, 6) is 1.80. The number of thiocarbonyl (C=S) groups is 1. The first-order valence-corrected chi connectivity index (χ1v) is 8.37. The highest BCUT2D eigenvalue weighted by molar-refractivity contribution is 7.80. The van der Waals surface area contributed by atoms with E-state index in [-0.39, 0.29) is 0 Å². The van der Waals surface area contributed by atoms with Crippen LogP contribution in [0.3, 0.4) is 0 Å². The number of nitrogens with one attached hydrogen (secondary N) is 2. The van der Waals surface area contributed by atoms with Crippen LogP contribution in [0.4, 0.5) is 5.69 Å². The summed E-state index contributed by atoms with van der Waals surface area (Å²) in [6.45, 7) is 4.04. The van der Waals surface area contributed by atoms with Gasteiger partial charge in [-0.1, -0.05) is 18.2 Å². The van der Waals surface area contributed by atoms with Crippen LogP contribution in [0.25, 0.3) is 0 Å². The minimum absolute atomic E-state index is 0.394. The molecule has 0 radical (unpaired) electrons. The van der Waals surface area contributed by atoms with Crippen LogP contribution in [0.1, 0.15) is 16.7 Å². The van der Waals surface area contributed by atoms with E-state index >= 15 is 0 Å². The van der Waals surface area contributed by atoms with Gasteiger partial charge in [0.05, 0.1) is 33.1 Å². The van der Waals surface area contributed by atoms with Gasteiger partial charge in [0.1, 0.15) is 17.2 Å². The molecule has 0 aromatic heterocycles. The van der Waals surface area contributed by atoms with Crippen molar-refractivity contribution >= 4 is 29.2 Å². The second-order valence-corrected chi connectivity index (χ2v) is 5.94. The number of benzene rings is 2. The van der Waals surface area contributed by atoms with E-state index in [2.05, 4.69) is 15.8 Å². The second-order valence-electron chi connectivity index (χ2n) is 5.54. The van der Waals surface area contributed by atoms with Gasteiger partial charge in [0.15, 0.2) is 5.11 Å². The van der Waals surface area contributed by atoms with Gasteiger partial charge < -0.3 is 19.5 Å². The van der Waals surface area contributed by atoms with Gasteiger partial charge >= 0.3 is 0 Å². The summed E-state index contributed by atoms with van der Waals surface area (Å²) in [4.78, 5) is 0. The Morgan fingerprint density at radius 3 is 2.08 bits per heavy atom. The quantitative estimate of drug-likeness (QED) is 0.458. The van der Waals surface area contributed by atoms with Gasteiger partial charge in [0, 0.05) is 17.8 Å². The SMILES string of the molecule is COc1cc(OC)c(/C=N\NC(=S)Nc2c(C)cccc2C)c(OC)c1. The lowest BCUT2D eigenvalue weighted by molar-refractivity contribution is 0.374. The largest absolute Gasteiger partial charge is 0.496 e. The van der Waals surface area contributed by atoms with E-state index in [1.54, 1.807) is 39.7 Å². The number of methoxy groups -OCH3 is 3. The van der Waals surface area contributed by atoms with Crippen LogP contribution in [-0.4, -0.2) is 32.7 Å². The Balaban J connectivity index is 2.14. The van der Waals surface area contributed by atoms with Crippen molar-refractivity contribution in [1.82, 2.24) is 5.43 Å². The molecule has 7 heteroatoms. The molecule has 0 saturated carbocycles. The lowest BCUT2D eigenvalue weighted by Crippen LogP contribution is -2.24. The summed E-state index contributed by atoms with van der Waals surface area (Å²) in [6.07, 6.45) is 1.59. The predicted octanol–water partition coefficient (Wildman–Crippen LogP) is 3.65. The molecule has 2 N–H and O–H groups in total. The molecule has 0 fully saturated rings. The maximum absolute atomic E-state index is 5.39. The molecule has 2 rings (SSSR count). The molecule has 6 nitrogen and oxygen atoms in total. The maximum atomic E-state index is 5.39. The molecule has 0 aliphatic carbocycles. The van der Waals surface area contributed by atoms with Crippen LogP contribution in [0.15, 0.2) is 35.4 Å². The van der Waals surface area contributed by atoms with E-state index in [9.17, 15) is 0 Å². The molecule has 2 aromatic carbocycles. The fourth-order valence-corrected chi connectivity index (χ4v) is 2.62. The third-order valence-electron chi connectivity index (χ3n) is 3.83. The first kappa shape index (κ1) is 19.5. The van der Waals surface area contributed by atoms with Gasteiger partial charge in [0.25, 0.3) is 0 Å². The van der Waals surface area contributed by atoms with Gasteiger partial charge in [0.2, 0.25) is 0 Å². The van der Waals surface area contributed by atoms with E-state index in [4.69, 9.17) is 26.4 Å². The Kier molecular flexibility index (Phi) is 6.80. The van der Waals surface area contributed by atoms with Crippen molar-refractivity contribution in [2.24, 2.45) is 5.10 Å². The average Bonchev–Trinajstić information content (AvgIpc) is 2.64. The van der Waals surface area contributed by atoms with Gasteiger partial charge in [-0.25, -0.2) is 0 Å². The molecule has 0 bridgehead atoms. The van der Waals surface area contributed by atoms with Gasteiger partial charge in [-0.15, -0.1) is 0 Å². The highest BCUT2D eigenvalue weighted by Crippen LogP contribution is 2.32. The summed E-state index contributed by atoms with van der Waals surface area (Å²) in [7, 11) is 4.74. The van der Waals surface area contributed by atoms with E-state index in [1.807, 2.05) is 32.0 Å². The Hall–Kier alpha value is -2.80. The van der Waals surface area contributed by atoms with E-state index in [0.717, 1.165) is 16.8 Å². The molecule has 138 valence electrons. The molecule has 0 heterocycles. The van der Waals surface area contributed by atoms with Crippen molar-refractivity contribution in [2.75, 3.05) is 26.6 Å². The van der Waals surface area contributed by atoms with Gasteiger partial charge in [-0.3, -0.25) is 5.43 Å². The van der Waals surface area contributed by atoms with Crippen molar-refractivity contribution < 1.29 is 14.2 Å². The van der Waals surface area contributed by atoms with E-state index in [1.165, 1.54) is 0 Å². The Morgan fingerprint density at radius 2 is 1.58 bits per heavy atom. The van der Waals surface area contributed by atoms with Crippen molar-refractivity contribution in [1.29, 1.82) is 0 Å². The summed E-state index contributed by atoms with van der Waals surface area (Å²) in [5.41, 5.74) is 6.68. The Bertz CT molecular complexity index is 776. The van der Waals surface area contributed by atoms with Crippen LogP contribution in [0.2, 0.25) is 0 Å². The topological polar surface area (TPSA) is 64.1 Å². The maximum Gasteiger partial charge on any atom is 0.191 e. The minimum atomic E-state index is 0.394. The average molecular weight is 373 g/mol. The summed E-state index contributed by atoms with van der Waals surface area (Å²) < 4.78 is 16.0. The zero-order valence-electron chi connectivity index (χ0n) is 15.5. The van der Waals surface area contributed by atoms with Gasteiger partial charge in [-0.2, -0.15) is 5.10 Å². The number of rotatable bonds is 6.